The average molecular weight is 650 g/mol. The summed E-state index contributed by atoms with van der Waals surface area (Å²) in [6.07, 6.45) is 12.3. The minimum Gasteiger partial charge on any atom is -0.309 e. The van der Waals surface area contributed by atoms with E-state index in [1.807, 2.05) is 0 Å². The van der Waals surface area contributed by atoms with Crippen LogP contribution >= 0.6 is 0 Å². The number of hydrogen-bond acceptors (Lipinski definition) is 0. The Labute approximate surface area is 298 Å². The van der Waals surface area contributed by atoms with Crippen LogP contribution in [0.15, 0.2) is 194 Å². The molecule has 1 heteroatoms. The molecule has 51 heavy (non-hydrogen) atoms. The van der Waals surface area contributed by atoms with Gasteiger partial charge in [0.1, 0.15) is 0 Å². The van der Waals surface area contributed by atoms with Crippen molar-refractivity contribution in [2.24, 2.45) is 0 Å². The van der Waals surface area contributed by atoms with Gasteiger partial charge in [0.2, 0.25) is 0 Å². The van der Waals surface area contributed by atoms with Gasteiger partial charge in [-0.25, -0.2) is 0 Å². The fraction of sp³-hybridized carbons (Fsp3) is 0.0400. The van der Waals surface area contributed by atoms with Gasteiger partial charge in [0.15, 0.2) is 0 Å². The first kappa shape index (κ1) is 29.5. The lowest BCUT2D eigenvalue weighted by Crippen LogP contribution is -1.95. The van der Waals surface area contributed by atoms with Gasteiger partial charge in [0.05, 0.1) is 11.0 Å². The van der Waals surface area contributed by atoms with E-state index in [4.69, 9.17) is 0 Å². The van der Waals surface area contributed by atoms with Gasteiger partial charge < -0.3 is 4.57 Å². The Balaban J connectivity index is 0.999. The van der Waals surface area contributed by atoms with Crippen molar-refractivity contribution in [3.63, 3.8) is 0 Å². The smallest absolute Gasteiger partial charge is 0.0541 e. The number of aromatic nitrogens is 1. The third-order valence-electron chi connectivity index (χ3n) is 10.7. The summed E-state index contributed by atoms with van der Waals surface area (Å²) in [5.41, 5.74) is 17.9. The summed E-state index contributed by atoms with van der Waals surface area (Å²) < 4.78 is 2.44. The Hall–Kier alpha value is -6.44. The molecule has 7 aromatic carbocycles. The molecule has 1 nitrogen and oxygen atoms in total. The monoisotopic (exact) mass is 649 g/mol. The van der Waals surface area contributed by atoms with E-state index in [2.05, 4.69) is 199 Å². The third kappa shape index (κ3) is 5.18. The highest BCUT2D eigenvalue weighted by Crippen LogP contribution is 2.41. The van der Waals surface area contributed by atoms with Gasteiger partial charge in [-0.1, -0.05) is 158 Å². The van der Waals surface area contributed by atoms with Gasteiger partial charge in [0, 0.05) is 22.4 Å². The molecule has 0 spiro atoms. The van der Waals surface area contributed by atoms with Gasteiger partial charge in [-0.2, -0.15) is 0 Å². The molecule has 240 valence electrons. The molecule has 0 fully saturated rings. The van der Waals surface area contributed by atoms with Crippen molar-refractivity contribution in [2.75, 3.05) is 0 Å². The van der Waals surface area contributed by atoms with Crippen LogP contribution in [0.1, 0.15) is 28.2 Å². The average Bonchev–Trinajstić information content (AvgIpc) is 3.61. The van der Waals surface area contributed by atoms with Crippen molar-refractivity contribution >= 4 is 27.4 Å². The van der Waals surface area contributed by atoms with E-state index in [1.165, 1.54) is 88.7 Å². The van der Waals surface area contributed by atoms with Crippen LogP contribution in [0.25, 0.3) is 66.4 Å². The largest absolute Gasteiger partial charge is 0.309 e. The Morgan fingerprint density at radius 3 is 2.06 bits per heavy atom. The maximum atomic E-state index is 2.44. The second-order valence-corrected chi connectivity index (χ2v) is 13.7. The molecule has 2 aliphatic carbocycles. The molecule has 8 aromatic rings. The maximum absolute atomic E-state index is 2.44. The number of fused-ring (bicyclic) bond motifs is 6. The van der Waals surface area contributed by atoms with Crippen LogP contribution in [-0.2, 0) is 6.42 Å². The predicted molar refractivity (Wildman–Crippen MR) is 215 cm³/mol. The van der Waals surface area contributed by atoms with Gasteiger partial charge >= 0.3 is 0 Å². The quantitative estimate of drug-likeness (QED) is 0.175. The van der Waals surface area contributed by atoms with Crippen molar-refractivity contribution in [3.05, 3.63) is 216 Å². The normalized spacial score (nSPS) is 14.7. The number of allylic oxidation sites excluding steroid dienone is 6. The number of rotatable bonds is 5. The summed E-state index contributed by atoms with van der Waals surface area (Å²) in [5, 5.41) is 2.54. The number of hydrogen-bond donors (Lipinski definition) is 0. The number of nitrogens with zero attached hydrogens (tertiary/aromatic N) is 1. The van der Waals surface area contributed by atoms with Gasteiger partial charge in [-0.3, -0.25) is 0 Å². The molecule has 0 amide bonds. The first-order valence-electron chi connectivity index (χ1n) is 17.8. The van der Waals surface area contributed by atoms with Crippen LogP contribution in [0.4, 0.5) is 0 Å². The number of benzene rings is 7. The highest BCUT2D eigenvalue weighted by molar-refractivity contribution is 6.10. The summed E-state index contributed by atoms with van der Waals surface area (Å²) in [7, 11) is 0. The molecule has 1 aromatic heterocycles. The molecule has 10 rings (SSSR count). The molecule has 1 heterocycles. The highest BCUT2D eigenvalue weighted by atomic mass is 15.0. The Morgan fingerprint density at radius 2 is 1.16 bits per heavy atom. The van der Waals surface area contributed by atoms with Crippen LogP contribution in [0.3, 0.4) is 0 Å². The minimum absolute atomic E-state index is 0.214. The van der Waals surface area contributed by atoms with Crippen LogP contribution in [0.2, 0.25) is 0 Å². The molecule has 0 N–H and O–H groups in total. The molecule has 0 radical (unpaired) electrons. The van der Waals surface area contributed by atoms with Crippen molar-refractivity contribution in [2.45, 2.75) is 12.3 Å². The topological polar surface area (TPSA) is 4.93 Å². The number of para-hydroxylation sites is 1. The summed E-state index contributed by atoms with van der Waals surface area (Å²) in [4.78, 5) is 0. The molecular formula is C50H35N. The van der Waals surface area contributed by atoms with Crippen LogP contribution in [-0.4, -0.2) is 4.57 Å². The van der Waals surface area contributed by atoms with Crippen LogP contribution in [0, 0.1) is 0 Å². The molecule has 1 atom stereocenters. The van der Waals surface area contributed by atoms with Gasteiger partial charge in [0.25, 0.3) is 0 Å². The lowest BCUT2D eigenvalue weighted by Gasteiger charge is -2.12. The second kappa shape index (κ2) is 12.2. The molecule has 2 aliphatic rings. The van der Waals surface area contributed by atoms with E-state index in [9.17, 15) is 0 Å². The van der Waals surface area contributed by atoms with Crippen molar-refractivity contribution < 1.29 is 0 Å². The van der Waals surface area contributed by atoms with E-state index in [-0.39, 0.29) is 5.92 Å². The molecule has 0 bridgehead atoms. The molecule has 1 unspecified atom stereocenters. The van der Waals surface area contributed by atoms with Crippen molar-refractivity contribution in [1.29, 1.82) is 0 Å². The Kier molecular flexibility index (Phi) is 7.03. The lowest BCUT2D eigenvalue weighted by molar-refractivity contribution is 1.09. The van der Waals surface area contributed by atoms with Crippen molar-refractivity contribution in [3.8, 4) is 39.1 Å². The first-order chi connectivity index (χ1) is 25.3. The van der Waals surface area contributed by atoms with E-state index in [0.717, 1.165) is 6.42 Å². The summed E-state index contributed by atoms with van der Waals surface area (Å²) in [6, 6.07) is 60.2. The zero-order valence-electron chi connectivity index (χ0n) is 28.2. The van der Waals surface area contributed by atoms with Gasteiger partial charge in [-0.05, 0) is 104 Å². The minimum atomic E-state index is 0.214. The zero-order chi connectivity index (χ0) is 33.7. The standard InChI is InChI=1S/C50H35N/c1-2-11-34(12-3-1)35-14-8-15-36(24-23-35)37-16-9-17-38(29-37)39-18-10-19-40(30-39)41-26-28-50-48(32-41)46-21-6-7-22-49(46)51(50)44-27-25-43-31-42-13-4-5-20-45(42)47(43)33-44/h1-30,32-33,36H,31H2. The highest BCUT2D eigenvalue weighted by Gasteiger charge is 2.20. The fourth-order valence-corrected chi connectivity index (χ4v) is 8.14. The third-order valence-corrected chi connectivity index (χ3v) is 10.7. The predicted octanol–water partition coefficient (Wildman–Crippen LogP) is 13.0. The fourth-order valence-electron chi connectivity index (χ4n) is 8.14. The van der Waals surface area contributed by atoms with E-state index in [0.29, 0.717) is 0 Å². The lowest BCUT2D eigenvalue weighted by atomic mass is 9.93. The van der Waals surface area contributed by atoms with E-state index in [1.54, 1.807) is 0 Å². The first-order valence-corrected chi connectivity index (χ1v) is 17.8. The second-order valence-electron chi connectivity index (χ2n) is 13.7. The summed E-state index contributed by atoms with van der Waals surface area (Å²) >= 11 is 0. The van der Waals surface area contributed by atoms with Crippen LogP contribution < -0.4 is 0 Å². The Morgan fingerprint density at radius 1 is 0.451 bits per heavy atom. The maximum Gasteiger partial charge on any atom is 0.0541 e. The van der Waals surface area contributed by atoms with Crippen LogP contribution in [0.5, 0.6) is 0 Å². The van der Waals surface area contributed by atoms with E-state index >= 15 is 0 Å². The summed E-state index contributed by atoms with van der Waals surface area (Å²) in [6.45, 7) is 0. The molecule has 0 saturated heterocycles. The Bertz CT molecular complexity index is 2720. The van der Waals surface area contributed by atoms with E-state index < -0.39 is 0 Å². The van der Waals surface area contributed by atoms with Crippen molar-refractivity contribution in [1.82, 2.24) is 4.57 Å². The SMILES string of the molecule is C1=CC(c2cccc(-c3cccc(-c4ccc5c(c4)c4ccccc4n5-c4ccc5c(c4)-c4ccccc4C5)c3)c2)C=CC(c2ccccc2)=C1. The molecular weight excluding hydrogens is 615 g/mol. The van der Waals surface area contributed by atoms with Gasteiger partial charge in [-0.15, -0.1) is 0 Å². The summed E-state index contributed by atoms with van der Waals surface area (Å²) in [5.74, 6) is 0.214. The molecule has 0 saturated carbocycles. The zero-order valence-corrected chi connectivity index (χ0v) is 28.2. The molecule has 0 aliphatic heterocycles.